The van der Waals surface area contributed by atoms with E-state index in [1.54, 1.807) is 23.9 Å². The van der Waals surface area contributed by atoms with Crippen molar-refractivity contribution >= 4 is 46.3 Å². The molecule has 3 amide bonds. The molecule has 120 valence electrons. The second kappa shape index (κ2) is 5.14. The maximum atomic E-state index is 12.7. The van der Waals surface area contributed by atoms with E-state index in [9.17, 15) is 9.59 Å². The number of aromatic nitrogens is 2. The Bertz CT molecular complexity index is 828. The number of benzene rings is 1. The van der Waals surface area contributed by atoms with Crippen LogP contribution in [0.15, 0.2) is 18.2 Å². The zero-order valence-corrected chi connectivity index (χ0v) is 14.1. The Kier molecular flexibility index (Phi) is 3.32. The summed E-state index contributed by atoms with van der Waals surface area (Å²) >= 11 is 7.69. The van der Waals surface area contributed by atoms with Gasteiger partial charge in [-0.15, -0.1) is 0 Å². The van der Waals surface area contributed by atoms with Gasteiger partial charge >= 0.3 is 6.03 Å². The van der Waals surface area contributed by atoms with Crippen molar-refractivity contribution in [2.24, 2.45) is 7.05 Å². The van der Waals surface area contributed by atoms with Gasteiger partial charge in [-0.1, -0.05) is 11.6 Å². The first-order valence-electron chi connectivity index (χ1n) is 7.33. The van der Waals surface area contributed by atoms with E-state index in [-0.39, 0.29) is 18.5 Å². The number of carbonyl (C=O) groups excluding carboxylic acids is 2. The van der Waals surface area contributed by atoms with E-state index >= 15 is 0 Å². The summed E-state index contributed by atoms with van der Waals surface area (Å²) in [6.45, 7) is 0.167. The molecule has 8 heteroatoms. The molecule has 6 nitrogen and oxygen atoms in total. The number of nitrogens with one attached hydrogen (secondary N) is 1. The third-order valence-electron chi connectivity index (χ3n) is 4.50. The van der Waals surface area contributed by atoms with Crippen molar-refractivity contribution in [2.75, 3.05) is 11.5 Å². The van der Waals surface area contributed by atoms with E-state index in [0.29, 0.717) is 23.0 Å². The number of carbonyl (C=O) groups is 2. The molecular formula is C15H15ClN4O2S. The molecule has 2 fully saturated rings. The third-order valence-corrected chi connectivity index (χ3v) is 5.93. The highest BCUT2D eigenvalue weighted by Crippen LogP contribution is 2.34. The van der Waals surface area contributed by atoms with E-state index in [4.69, 9.17) is 11.6 Å². The number of hydrogen-bond acceptors (Lipinski definition) is 4. The molecular weight excluding hydrogens is 336 g/mol. The Hall–Kier alpha value is -1.73. The number of thioether (sulfide) groups is 1. The fraction of sp³-hybridized carbons (Fsp3) is 0.400. The Morgan fingerprint density at radius 1 is 1.43 bits per heavy atom. The molecule has 23 heavy (non-hydrogen) atoms. The molecule has 0 unspecified atom stereocenters. The highest BCUT2D eigenvalue weighted by Gasteiger charge is 2.53. The lowest BCUT2D eigenvalue weighted by Crippen LogP contribution is -2.46. The number of rotatable bonds is 2. The van der Waals surface area contributed by atoms with Crippen molar-refractivity contribution in [2.45, 2.75) is 18.5 Å². The van der Waals surface area contributed by atoms with Crippen molar-refractivity contribution in [3.8, 4) is 0 Å². The second-order valence-corrected chi connectivity index (χ2v) is 7.47. The van der Waals surface area contributed by atoms with Crippen LogP contribution in [0.4, 0.5) is 4.79 Å². The standard InChI is InChI=1S/C15H15ClN4O2S/c1-19-11-3-2-9(16)6-10(11)17-12(19)7-20-13(21)15(18-14(20)22)4-5-23-8-15/h2-3,6H,4-5,7-8H2,1H3,(H,18,22)/t15-/m1/s1. The maximum Gasteiger partial charge on any atom is 0.325 e. The van der Waals surface area contributed by atoms with E-state index < -0.39 is 5.54 Å². The molecule has 0 bridgehead atoms. The average Bonchev–Trinajstić information content (AvgIpc) is 3.15. The molecule has 2 aromatic rings. The highest BCUT2D eigenvalue weighted by molar-refractivity contribution is 7.99. The summed E-state index contributed by atoms with van der Waals surface area (Å²) in [5.74, 6) is 2.06. The van der Waals surface area contributed by atoms with Gasteiger partial charge < -0.3 is 9.88 Å². The molecule has 1 aromatic carbocycles. The molecule has 0 saturated carbocycles. The molecule has 1 N–H and O–H groups in total. The number of imide groups is 1. The van der Waals surface area contributed by atoms with Crippen molar-refractivity contribution in [3.05, 3.63) is 29.0 Å². The van der Waals surface area contributed by atoms with E-state index in [0.717, 1.165) is 16.8 Å². The summed E-state index contributed by atoms with van der Waals surface area (Å²) in [7, 11) is 1.87. The second-order valence-electron chi connectivity index (χ2n) is 5.93. The van der Waals surface area contributed by atoms with Crippen LogP contribution in [0.25, 0.3) is 11.0 Å². The number of fused-ring (bicyclic) bond motifs is 1. The fourth-order valence-corrected chi connectivity index (χ4v) is 4.65. The molecule has 4 rings (SSSR count). The quantitative estimate of drug-likeness (QED) is 0.843. The van der Waals surface area contributed by atoms with Crippen molar-refractivity contribution < 1.29 is 9.59 Å². The minimum atomic E-state index is -0.713. The van der Waals surface area contributed by atoms with Gasteiger partial charge in [0.15, 0.2) is 0 Å². The van der Waals surface area contributed by atoms with Crippen LogP contribution in [-0.2, 0) is 18.4 Å². The molecule has 0 radical (unpaired) electrons. The van der Waals surface area contributed by atoms with Crippen molar-refractivity contribution in [3.63, 3.8) is 0 Å². The topological polar surface area (TPSA) is 67.2 Å². The Balaban J connectivity index is 1.67. The first-order chi connectivity index (χ1) is 11.0. The molecule has 0 aliphatic carbocycles. The maximum absolute atomic E-state index is 12.7. The van der Waals surface area contributed by atoms with Gasteiger partial charge in [-0.3, -0.25) is 9.69 Å². The summed E-state index contributed by atoms with van der Waals surface area (Å²) in [5.41, 5.74) is 0.964. The number of amides is 3. The fourth-order valence-electron chi connectivity index (χ4n) is 3.16. The minimum Gasteiger partial charge on any atom is -0.330 e. The summed E-state index contributed by atoms with van der Waals surface area (Å²) < 4.78 is 1.89. The van der Waals surface area contributed by atoms with Crippen LogP contribution < -0.4 is 5.32 Å². The lowest BCUT2D eigenvalue weighted by molar-refractivity contribution is -0.131. The molecule has 1 atom stereocenters. The first-order valence-corrected chi connectivity index (χ1v) is 8.86. The summed E-state index contributed by atoms with van der Waals surface area (Å²) in [4.78, 5) is 30.7. The largest absolute Gasteiger partial charge is 0.330 e. The van der Waals surface area contributed by atoms with Gasteiger partial charge in [0.25, 0.3) is 5.91 Å². The van der Waals surface area contributed by atoms with Crippen LogP contribution in [0.2, 0.25) is 5.02 Å². The predicted molar refractivity (Wildman–Crippen MR) is 89.5 cm³/mol. The Morgan fingerprint density at radius 3 is 3.00 bits per heavy atom. The minimum absolute atomic E-state index is 0.141. The monoisotopic (exact) mass is 350 g/mol. The number of hydrogen-bond donors (Lipinski definition) is 1. The molecule has 2 aliphatic heterocycles. The van der Waals surface area contributed by atoms with E-state index in [1.807, 2.05) is 17.7 Å². The first kappa shape index (κ1) is 14.8. The van der Waals surface area contributed by atoms with E-state index in [2.05, 4.69) is 10.3 Å². The Labute approximate surface area is 142 Å². The molecule has 2 aliphatic rings. The van der Waals surface area contributed by atoms with Gasteiger partial charge in [-0.2, -0.15) is 11.8 Å². The predicted octanol–water partition coefficient (Wildman–Crippen LogP) is 2.15. The van der Waals surface area contributed by atoms with Crippen LogP contribution >= 0.6 is 23.4 Å². The van der Waals surface area contributed by atoms with Gasteiger partial charge in [-0.05, 0) is 30.4 Å². The van der Waals surface area contributed by atoms with Crippen LogP contribution in [-0.4, -0.2) is 43.4 Å². The summed E-state index contributed by atoms with van der Waals surface area (Å²) in [6.07, 6.45) is 0.691. The number of nitrogens with zero attached hydrogens (tertiary/aromatic N) is 3. The molecule has 3 heterocycles. The smallest absolute Gasteiger partial charge is 0.325 e. The molecule has 1 spiro atoms. The lowest BCUT2D eigenvalue weighted by atomic mass is 9.99. The van der Waals surface area contributed by atoms with Gasteiger partial charge in [-0.25, -0.2) is 9.78 Å². The molecule has 1 aromatic heterocycles. The van der Waals surface area contributed by atoms with Crippen LogP contribution in [0, 0.1) is 0 Å². The number of imidazole rings is 1. The SMILES string of the molecule is Cn1c(CN2C(=O)N[C@@]3(CCSC3)C2=O)nc2cc(Cl)ccc21. The highest BCUT2D eigenvalue weighted by atomic mass is 35.5. The Morgan fingerprint density at radius 2 is 2.26 bits per heavy atom. The van der Waals surface area contributed by atoms with Gasteiger partial charge in [0, 0.05) is 17.8 Å². The third kappa shape index (κ3) is 2.21. The van der Waals surface area contributed by atoms with Crippen molar-refractivity contribution in [1.82, 2.24) is 19.8 Å². The zero-order chi connectivity index (χ0) is 16.2. The summed E-state index contributed by atoms with van der Waals surface area (Å²) in [6, 6.07) is 5.13. The number of halogens is 1. The zero-order valence-electron chi connectivity index (χ0n) is 12.5. The number of aryl methyl sites for hydroxylation is 1. The van der Waals surface area contributed by atoms with Gasteiger partial charge in [0.2, 0.25) is 0 Å². The number of urea groups is 1. The molecule has 2 saturated heterocycles. The normalized spacial score (nSPS) is 24.2. The van der Waals surface area contributed by atoms with E-state index in [1.165, 1.54) is 4.90 Å². The lowest BCUT2D eigenvalue weighted by Gasteiger charge is -2.19. The van der Waals surface area contributed by atoms with Crippen LogP contribution in [0.1, 0.15) is 12.2 Å². The van der Waals surface area contributed by atoms with Gasteiger partial charge in [0.05, 0.1) is 17.6 Å². The average molecular weight is 351 g/mol. The van der Waals surface area contributed by atoms with Crippen LogP contribution in [0.3, 0.4) is 0 Å². The van der Waals surface area contributed by atoms with Crippen LogP contribution in [0.5, 0.6) is 0 Å². The van der Waals surface area contributed by atoms with Crippen molar-refractivity contribution in [1.29, 1.82) is 0 Å². The van der Waals surface area contributed by atoms with Gasteiger partial charge in [0.1, 0.15) is 11.4 Å². The summed E-state index contributed by atoms with van der Waals surface area (Å²) in [5, 5.41) is 3.48.